The summed E-state index contributed by atoms with van der Waals surface area (Å²) in [5, 5.41) is 0. The maximum Gasteiger partial charge on any atom is 0.211 e. The van der Waals surface area contributed by atoms with Gasteiger partial charge in [-0.25, -0.2) is 13.1 Å². The molecular formula is C10H23N3O2S. The van der Waals surface area contributed by atoms with Gasteiger partial charge < -0.3 is 10.6 Å². The van der Waals surface area contributed by atoms with Crippen LogP contribution >= 0.6 is 0 Å². The zero-order valence-corrected chi connectivity index (χ0v) is 10.8. The molecule has 1 unspecified atom stereocenters. The summed E-state index contributed by atoms with van der Waals surface area (Å²) in [5.74, 6) is 0.133. The maximum atomic E-state index is 11.6. The molecule has 0 radical (unpaired) electrons. The molecule has 0 saturated carbocycles. The van der Waals surface area contributed by atoms with E-state index in [0.29, 0.717) is 13.0 Å². The van der Waals surface area contributed by atoms with Gasteiger partial charge in [-0.3, -0.25) is 0 Å². The lowest BCUT2D eigenvalue weighted by Crippen LogP contribution is -2.42. The van der Waals surface area contributed by atoms with Gasteiger partial charge >= 0.3 is 0 Å². The van der Waals surface area contributed by atoms with Crippen molar-refractivity contribution in [3.8, 4) is 0 Å². The first kappa shape index (κ1) is 13.9. The maximum absolute atomic E-state index is 11.6. The molecule has 0 aromatic rings. The smallest absolute Gasteiger partial charge is 0.211 e. The number of nitrogens with one attached hydrogen (secondary N) is 1. The Morgan fingerprint density at radius 1 is 1.38 bits per heavy atom. The van der Waals surface area contributed by atoms with E-state index in [2.05, 4.69) is 9.62 Å². The van der Waals surface area contributed by atoms with Crippen molar-refractivity contribution in [2.75, 3.05) is 31.9 Å². The molecule has 1 saturated heterocycles. The number of hydrogen-bond donors (Lipinski definition) is 2. The molecule has 16 heavy (non-hydrogen) atoms. The molecule has 1 aliphatic heterocycles. The molecule has 0 aromatic carbocycles. The first-order valence-corrected chi connectivity index (χ1v) is 7.61. The molecular weight excluding hydrogens is 226 g/mol. The van der Waals surface area contributed by atoms with Crippen LogP contribution in [-0.4, -0.2) is 51.3 Å². The van der Waals surface area contributed by atoms with Gasteiger partial charge in [0.1, 0.15) is 0 Å². The van der Waals surface area contributed by atoms with Crippen LogP contribution in [0.3, 0.4) is 0 Å². The van der Waals surface area contributed by atoms with Gasteiger partial charge in [-0.1, -0.05) is 0 Å². The van der Waals surface area contributed by atoms with E-state index in [9.17, 15) is 8.42 Å². The second kappa shape index (κ2) is 6.54. The monoisotopic (exact) mass is 249 g/mol. The molecule has 0 amide bonds. The van der Waals surface area contributed by atoms with Crippen LogP contribution in [0.4, 0.5) is 0 Å². The van der Waals surface area contributed by atoms with Gasteiger partial charge in [0.2, 0.25) is 10.0 Å². The van der Waals surface area contributed by atoms with E-state index in [4.69, 9.17) is 5.73 Å². The molecule has 1 rings (SSSR count). The molecule has 0 aliphatic carbocycles. The van der Waals surface area contributed by atoms with E-state index in [1.54, 1.807) is 0 Å². The molecule has 1 aliphatic rings. The molecule has 96 valence electrons. The topological polar surface area (TPSA) is 75.4 Å². The fourth-order valence-corrected chi connectivity index (χ4v) is 3.38. The minimum absolute atomic E-state index is 0.0131. The van der Waals surface area contributed by atoms with Crippen LogP contribution in [0.15, 0.2) is 0 Å². The van der Waals surface area contributed by atoms with Crippen molar-refractivity contribution < 1.29 is 8.42 Å². The Labute approximate surface area is 98.4 Å². The highest BCUT2D eigenvalue weighted by atomic mass is 32.2. The van der Waals surface area contributed by atoms with Crippen molar-refractivity contribution in [1.29, 1.82) is 0 Å². The molecule has 6 heteroatoms. The lowest BCUT2D eigenvalue weighted by atomic mass is 10.3. The van der Waals surface area contributed by atoms with Gasteiger partial charge in [-0.15, -0.1) is 0 Å². The summed E-state index contributed by atoms with van der Waals surface area (Å²) in [4.78, 5) is 2.30. The minimum atomic E-state index is -3.14. The first-order valence-electron chi connectivity index (χ1n) is 5.96. The van der Waals surface area contributed by atoms with E-state index < -0.39 is 10.0 Å². The van der Waals surface area contributed by atoms with Crippen LogP contribution in [-0.2, 0) is 10.0 Å². The van der Waals surface area contributed by atoms with Gasteiger partial charge in [0.05, 0.1) is 5.75 Å². The zero-order chi connectivity index (χ0) is 12.0. The fourth-order valence-electron chi connectivity index (χ4n) is 2.03. The Hall–Kier alpha value is -0.170. The first-order chi connectivity index (χ1) is 7.53. The SMILES string of the molecule is CC(CN1CCCC1)NS(=O)(=O)CCCN. The van der Waals surface area contributed by atoms with Crippen molar-refractivity contribution in [2.24, 2.45) is 5.73 Å². The van der Waals surface area contributed by atoms with E-state index in [-0.39, 0.29) is 11.8 Å². The average Bonchev–Trinajstić information content (AvgIpc) is 2.66. The Balaban J connectivity index is 2.28. The van der Waals surface area contributed by atoms with Crippen molar-refractivity contribution in [1.82, 2.24) is 9.62 Å². The molecule has 5 nitrogen and oxygen atoms in total. The lowest BCUT2D eigenvalue weighted by Gasteiger charge is -2.21. The summed E-state index contributed by atoms with van der Waals surface area (Å²) >= 11 is 0. The van der Waals surface area contributed by atoms with Crippen LogP contribution < -0.4 is 10.5 Å². The molecule has 0 spiro atoms. The highest BCUT2D eigenvalue weighted by Crippen LogP contribution is 2.07. The van der Waals surface area contributed by atoms with Crippen molar-refractivity contribution >= 4 is 10.0 Å². The van der Waals surface area contributed by atoms with Gasteiger partial charge in [0, 0.05) is 12.6 Å². The third-order valence-electron chi connectivity index (χ3n) is 2.73. The number of rotatable bonds is 7. The fraction of sp³-hybridized carbons (Fsp3) is 1.00. The summed E-state index contributed by atoms with van der Waals surface area (Å²) in [5.41, 5.74) is 5.30. The summed E-state index contributed by atoms with van der Waals surface area (Å²) < 4.78 is 25.9. The van der Waals surface area contributed by atoms with Gasteiger partial charge in [-0.05, 0) is 45.8 Å². The predicted molar refractivity (Wildman–Crippen MR) is 65.7 cm³/mol. The third-order valence-corrected chi connectivity index (χ3v) is 4.32. The standard InChI is InChI=1S/C10H23N3O2S/c1-10(9-13-6-2-3-7-13)12-16(14,15)8-4-5-11/h10,12H,2-9,11H2,1H3. The highest BCUT2D eigenvalue weighted by Gasteiger charge is 2.18. The van der Waals surface area contributed by atoms with E-state index in [0.717, 1.165) is 19.6 Å². The van der Waals surface area contributed by atoms with Crippen molar-refractivity contribution in [3.63, 3.8) is 0 Å². The quantitative estimate of drug-likeness (QED) is 0.652. The van der Waals surface area contributed by atoms with E-state index >= 15 is 0 Å². The molecule has 1 atom stereocenters. The van der Waals surface area contributed by atoms with E-state index in [1.807, 2.05) is 6.92 Å². The summed E-state index contributed by atoms with van der Waals surface area (Å²) in [7, 11) is -3.14. The van der Waals surface area contributed by atoms with Gasteiger partial charge in [-0.2, -0.15) is 0 Å². The van der Waals surface area contributed by atoms with E-state index in [1.165, 1.54) is 12.8 Å². The molecule has 0 aromatic heterocycles. The third kappa shape index (κ3) is 5.25. The van der Waals surface area contributed by atoms with Gasteiger partial charge in [0.25, 0.3) is 0 Å². The van der Waals surface area contributed by atoms with Crippen molar-refractivity contribution in [3.05, 3.63) is 0 Å². The number of hydrogen-bond acceptors (Lipinski definition) is 4. The molecule has 1 heterocycles. The van der Waals surface area contributed by atoms with Crippen LogP contribution in [0, 0.1) is 0 Å². The second-order valence-electron chi connectivity index (χ2n) is 4.49. The summed E-state index contributed by atoms with van der Waals surface area (Å²) in [6.45, 7) is 5.32. The number of likely N-dealkylation sites (tertiary alicyclic amines) is 1. The zero-order valence-electron chi connectivity index (χ0n) is 9.98. The minimum Gasteiger partial charge on any atom is -0.330 e. The summed E-state index contributed by atoms with van der Waals surface area (Å²) in [6.07, 6.45) is 2.98. The van der Waals surface area contributed by atoms with Crippen molar-refractivity contribution in [2.45, 2.75) is 32.2 Å². The normalized spacial score (nSPS) is 20.1. The van der Waals surface area contributed by atoms with Crippen LogP contribution in [0.25, 0.3) is 0 Å². The Morgan fingerprint density at radius 3 is 2.56 bits per heavy atom. The average molecular weight is 249 g/mol. The lowest BCUT2D eigenvalue weighted by molar-refractivity contribution is 0.312. The van der Waals surface area contributed by atoms with Crippen LogP contribution in [0.2, 0.25) is 0 Å². The van der Waals surface area contributed by atoms with Crippen LogP contribution in [0.1, 0.15) is 26.2 Å². The number of nitrogens with two attached hydrogens (primary N) is 1. The Morgan fingerprint density at radius 2 is 2.00 bits per heavy atom. The molecule has 0 bridgehead atoms. The molecule has 1 fully saturated rings. The summed E-state index contributed by atoms with van der Waals surface area (Å²) in [6, 6.07) is -0.0131. The number of sulfonamides is 1. The Bertz CT molecular complexity index is 286. The second-order valence-corrected chi connectivity index (χ2v) is 6.36. The highest BCUT2D eigenvalue weighted by molar-refractivity contribution is 7.89. The Kier molecular flexibility index (Phi) is 5.68. The largest absolute Gasteiger partial charge is 0.330 e. The number of nitrogens with zero attached hydrogens (tertiary/aromatic N) is 1. The van der Waals surface area contributed by atoms with Crippen LogP contribution in [0.5, 0.6) is 0 Å². The van der Waals surface area contributed by atoms with Gasteiger partial charge in [0.15, 0.2) is 0 Å². The molecule has 3 N–H and O–H groups in total. The predicted octanol–water partition coefficient (Wildman–Crippen LogP) is -0.261.